The van der Waals surface area contributed by atoms with Crippen LogP contribution in [-0.4, -0.2) is 48.5 Å². The van der Waals surface area contributed by atoms with Gasteiger partial charge in [0.05, 0.1) is 13.5 Å². The van der Waals surface area contributed by atoms with Crippen LogP contribution in [0.3, 0.4) is 0 Å². The molecule has 0 bridgehead atoms. The molecule has 7 nitrogen and oxygen atoms in total. The summed E-state index contributed by atoms with van der Waals surface area (Å²) in [4.78, 5) is 37.8. The van der Waals surface area contributed by atoms with E-state index in [2.05, 4.69) is 10.6 Å². The molecule has 1 saturated carbocycles. The van der Waals surface area contributed by atoms with Gasteiger partial charge in [0.15, 0.2) is 0 Å². The highest BCUT2D eigenvalue weighted by Gasteiger charge is 2.38. The number of hydrogen-bond acceptors (Lipinski definition) is 4. The summed E-state index contributed by atoms with van der Waals surface area (Å²) in [5, 5.41) is 5.57. The number of nitrogens with one attached hydrogen (secondary N) is 2. The second-order valence-electron chi connectivity index (χ2n) is 6.84. The normalized spacial score (nSPS) is 20.3. The fraction of sp³-hybridized carbons (Fsp3) is 0.526. The molecular weight excluding hydrogens is 334 g/mol. The van der Waals surface area contributed by atoms with Gasteiger partial charge in [0.25, 0.3) is 5.91 Å². The van der Waals surface area contributed by atoms with Crippen LogP contribution < -0.4 is 15.4 Å². The standard InChI is InChI=1S/C19H25N3O4/c1-26-15-8-6-13(7-9-15)10-11-22-18(24)16(21-19(22)25)12-17(23)20-14-4-2-3-5-14/h6-9,14,16H,2-5,10-12H2,1H3,(H,20,23)(H,21,25). The molecule has 7 heteroatoms. The average molecular weight is 359 g/mol. The van der Waals surface area contributed by atoms with Gasteiger partial charge in [0.1, 0.15) is 11.8 Å². The smallest absolute Gasteiger partial charge is 0.324 e. The Morgan fingerprint density at radius 3 is 2.58 bits per heavy atom. The zero-order chi connectivity index (χ0) is 18.5. The number of carbonyl (C=O) groups is 3. The van der Waals surface area contributed by atoms with Gasteiger partial charge in [-0.15, -0.1) is 0 Å². The monoisotopic (exact) mass is 359 g/mol. The van der Waals surface area contributed by atoms with E-state index in [1.807, 2.05) is 24.3 Å². The summed E-state index contributed by atoms with van der Waals surface area (Å²) in [7, 11) is 1.60. The van der Waals surface area contributed by atoms with Crippen molar-refractivity contribution in [3.05, 3.63) is 29.8 Å². The van der Waals surface area contributed by atoms with Gasteiger partial charge < -0.3 is 15.4 Å². The van der Waals surface area contributed by atoms with E-state index < -0.39 is 12.1 Å². The minimum atomic E-state index is -0.764. The lowest BCUT2D eigenvalue weighted by atomic mass is 10.1. The Bertz CT molecular complexity index is 668. The van der Waals surface area contributed by atoms with Crippen molar-refractivity contribution in [3.63, 3.8) is 0 Å². The van der Waals surface area contributed by atoms with Gasteiger partial charge in [-0.05, 0) is 37.0 Å². The van der Waals surface area contributed by atoms with Gasteiger partial charge in [0, 0.05) is 12.6 Å². The van der Waals surface area contributed by atoms with Crippen molar-refractivity contribution in [1.82, 2.24) is 15.5 Å². The lowest BCUT2D eigenvalue weighted by Gasteiger charge is -2.15. The van der Waals surface area contributed by atoms with E-state index >= 15 is 0 Å². The van der Waals surface area contributed by atoms with Gasteiger partial charge in [0.2, 0.25) is 5.91 Å². The maximum Gasteiger partial charge on any atom is 0.324 e. The first-order chi connectivity index (χ1) is 12.6. The van der Waals surface area contributed by atoms with Crippen LogP contribution in [0.4, 0.5) is 4.79 Å². The van der Waals surface area contributed by atoms with E-state index in [1.165, 1.54) is 4.90 Å². The molecule has 0 spiro atoms. The number of hydrogen-bond donors (Lipinski definition) is 2. The third-order valence-corrected chi connectivity index (χ3v) is 5.00. The lowest BCUT2D eigenvalue weighted by molar-refractivity contribution is -0.131. The molecule has 1 aromatic carbocycles. The highest BCUT2D eigenvalue weighted by molar-refractivity contribution is 6.05. The van der Waals surface area contributed by atoms with Crippen molar-refractivity contribution >= 4 is 17.8 Å². The first-order valence-electron chi connectivity index (χ1n) is 9.11. The quantitative estimate of drug-likeness (QED) is 0.724. The molecule has 3 rings (SSSR count). The van der Waals surface area contributed by atoms with E-state index in [9.17, 15) is 14.4 Å². The Labute approximate surface area is 153 Å². The number of benzene rings is 1. The van der Waals surface area contributed by atoms with E-state index in [0.717, 1.165) is 37.0 Å². The number of rotatable bonds is 7. The Balaban J connectivity index is 1.50. The largest absolute Gasteiger partial charge is 0.497 e. The summed E-state index contributed by atoms with van der Waals surface area (Å²) in [6.07, 6.45) is 4.80. The second kappa shape index (κ2) is 8.21. The van der Waals surface area contributed by atoms with Crippen LogP contribution in [0, 0.1) is 0 Å². The summed E-state index contributed by atoms with van der Waals surface area (Å²) < 4.78 is 5.11. The molecule has 0 aromatic heterocycles. The molecule has 0 radical (unpaired) electrons. The molecule has 2 N–H and O–H groups in total. The number of methoxy groups -OCH3 is 1. The van der Waals surface area contributed by atoms with Gasteiger partial charge in [-0.2, -0.15) is 0 Å². The van der Waals surface area contributed by atoms with Crippen LogP contribution >= 0.6 is 0 Å². The maximum absolute atomic E-state index is 12.5. The molecule has 1 saturated heterocycles. The van der Waals surface area contributed by atoms with Gasteiger partial charge in [-0.25, -0.2) is 4.79 Å². The first-order valence-corrected chi connectivity index (χ1v) is 9.11. The van der Waals surface area contributed by atoms with E-state index in [0.29, 0.717) is 6.42 Å². The van der Waals surface area contributed by atoms with E-state index in [1.54, 1.807) is 7.11 Å². The third kappa shape index (κ3) is 4.33. The van der Waals surface area contributed by atoms with Gasteiger partial charge >= 0.3 is 6.03 Å². The number of ether oxygens (including phenoxy) is 1. The second-order valence-corrected chi connectivity index (χ2v) is 6.84. The predicted octanol–water partition coefficient (Wildman–Crippen LogP) is 1.61. The zero-order valence-electron chi connectivity index (χ0n) is 15.0. The van der Waals surface area contributed by atoms with Crippen molar-refractivity contribution < 1.29 is 19.1 Å². The number of carbonyl (C=O) groups excluding carboxylic acids is 3. The van der Waals surface area contributed by atoms with Crippen molar-refractivity contribution in [2.75, 3.05) is 13.7 Å². The lowest BCUT2D eigenvalue weighted by Crippen LogP contribution is -2.39. The minimum absolute atomic E-state index is 0.000108. The summed E-state index contributed by atoms with van der Waals surface area (Å²) >= 11 is 0. The van der Waals surface area contributed by atoms with Crippen molar-refractivity contribution in [2.45, 2.75) is 50.6 Å². The maximum atomic E-state index is 12.5. The topological polar surface area (TPSA) is 87.7 Å². The molecular formula is C19H25N3O4. The molecule has 4 amide bonds. The van der Waals surface area contributed by atoms with Crippen LogP contribution in [0.2, 0.25) is 0 Å². The molecule has 1 heterocycles. The van der Waals surface area contributed by atoms with Crippen LogP contribution in [-0.2, 0) is 16.0 Å². The number of nitrogens with zero attached hydrogens (tertiary/aromatic N) is 1. The Morgan fingerprint density at radius 2 is 1.92 bits per heavy atom. The van der Waals surface area contributed by atoms with Gasteiger partial charge in [-0.1, -0.05) is 25.0 Å². The SMILES string of the molecule is COc1ccc(CCN2C(=O)NC(CC(=O)NC3CCCC3)C2=O)cc1. The molecule has 1 aliphatic heterocycles. The number of urea groups is 1. The highest BCUT2D eigenvalue weighted by Crippen LogP contribution is 2.18. The highest BCUT2D eigenvalue weighted by atomic mass is 16.5. The molecule has 1 aliphatic carbocycles. The summed E-state index contributed by atoms with van der Waals surface area (Å²) in [5.74, 6) is 0.259. The van der Waals surface area contributed by atoms with Crippen LogP contribution in [0.5, 0.6) is 5.75 Å². The molecule has 2 aliphatic rings. The number of imide groups is 1. The molecule has 26 heavy (non-hydrogen) atoms. The van der Waals surface area contributed by atoms with E-state index in [-0.39, 0.29) is 30.8 Å². The van der Waals surface area contributed by atoms with Crippen molar-refractivity contribution in [2.24, 2.45) is 0 Å². The zero-order valence-corrected chi connectivity index (χ0v) is 15.0. The number of amides is 4. The van der Waals surface area contributed by atoms with Crippen LogP contribution in [0.1, 0.15) is 37.7 Å². The van der Waals surface area contributed by atoms with E-state index in [4.69, 9.17) is 4.74 Å². The van der Waals surface area contributed by atoms with Crippen LogP contribution in [0.15, 0.2) is 24.3 Å². The summed E-state index contributed by atoms with van der Waals surface area (Å²) in [6, 6.07) is 6.52. The fourth-order valence-electron chi connectivity index (χ4n) is 3.50. The summed E-state index contributed by atoms with van der Waals surface area (Å²) in [6.45, 7) is 0.289. The summed E-state index contributed by atoms with van der Waals surface area (Å²) in [5.41, 5.74) is 1.01. The van der Waals surface area contributed by atoms with Gasteiger partial charge in [-0.3, -0.25) is 14.5 Å². The van der Waals surface area contributed by atoms with Crippen molar-refractivity contribution in [3.8, 4) is 5.75 Å². The first kappa shape index (κ1) is 18.2. The van der Waals surface area contributed by atoms with Crippen molar-refractivity contribution in [1.29, 1.82) is 0 Å². The molecule has 1 aromatic rings. The molecule has 2 fully saturated rings. The molecule has 1 atom stereocenters. The Hall–Kier alpha value is -2.57. The Morgan fingerprint density at radius 1 is 1.23 bits per heavy atom. The predicted molar refractivity (Wildman–Crippen MR) is 95.7 cm³/mol. The third-order valence-electron chi connectivity index (χ3n) is 5.00. The Kier molecular flexibility index (Phi) is 5.75. The molecule has 140 valence electrons. The molecule has 1 unspecified atom stereocenters. The average Bonchev–Trinajstić information content (AvgIpc) is 3.22. The van der Waals surface area contributed by atoms with Crippen LogP contribution in [0.25, 0.3) is 0 Å². The minimum Gasteiger partial charge on any atom is -0.497 e. The fourth-order valence-corrected chi connectivity index (χ4v) is 3.50.